The second-order valence-electron chi connectivity index (χ2n) is 4.23. The van der Waals surface area contributed by atoms with Gasteiger partial charge in [0, 0.05) is 7.05 Å². The van der Waals surface area contributed by atoms with Crippen LogP contribution in [0.25, 0.3) is 6.08 Å². The third-order valence-corrected chi connectivity index (χ3v) is 2.92. The SMILES string of the molecule is CCc1c(NC)ncnc1OC/C=C/c1ccccc1. The summed E-state index contributed by atoms with van der Waals surface area (Å²) in [4.78, 5) is 8.38. The van der Waals surface area contributed by atoms with Crippen LogP contribution in [-0.4, -0.2) is 23.6 Å². The highest BCUT2D eigenvalue weighted by Crippen LogP contribution is 2.21. The van der Waals surface area contributed by atoms with Crippen LogP contribution in [0.2, 0.25) is 0 Å². The third-order valence-electron chi connectivity index (χ3n) is 2.92. The van der Waals surface area contributed by atoms with Gasteiger partial charge in [-0.15, -0.1) is 0 Å². The zero-order valence-corrected chi connectivity index (χ0v) is 11.8. The molecule has 1 aromatic carbocycles. The summed E-state index contributed by atoms with van der Waals surface area (Å²) in [5, 5.41) is 3.05. The Morgan fingerprint density at radius 1 is 1.20 bits per heavy atom. The van der Waals surface area contributed by atoms with Crippen LogP contribution >= 0.6 is 0 Å². The van der Waals surface area contributed by atoms with Gasteiger partial charge >= 0.3 is 0 Å². The van der Waals surface area contributed by atoms with E-state index in [0.29, 0.717) is 12.5 Å². The van der Waals surface area contributed by atoms with Crippen LogP contribution in [0, 0.1) is 0 Å². The van der Waals surface area contributed by atoms with Crippen molar-refractivity contribution in [3.05, 3.63) is 53.9 Å². The predicted octanol–water partition coefficient (Wildman–Crippen LogP) is 3.17. The van der Waals surface area contributed by atoms with E-state index in [9.17, 15) is 0 Å². The molecular weight excluding hydrogens is 250 g/mol. The molecule has 0 aliphatic rings. The van der Waals surface area contributed by atoms with Gasteiger partial charge in [-0.2, -0.15) is 0 Å². The van der Waals surface area contributed by atoms with Gasteiger partial charge < -0.3 is 10.1 Å². The Kier molecular flexibility index (Phi) is 5.12. The van der Waals surface area contributed by atoms with E-state index in [-0.39, 0.29) is 0 Å². The summed E-state index contributed by atoms with van der Waals surface area (Å²) < 4.78 is 5.71. The molecule has 0 unspecified atom stereocenters. The average molecular weight is 269 g/mol. The van der Waals surface area contributed by atoms with Crippen LogP contribution in [0.4, 0.5) is 5.82 Å². The quantitative estimate of drug-likeness (QED) is 0.875. The topological polar surface area (TPSA) is 47.0 Å². The predicted molar refractivity (Wildman–Crippen MR) is 81.9 cm³/mol. The fourth-order valence-electron chi connectivity index (χ4n) is 1.93. The molecule has 2 rings (SSSR count). The number of ether oxygens (including phenoxy) is 1. The highest BCUT2D eigenvalue weighted by atomic mass is 16.5. The van der Waals surface area contributed by atoms with Gasteiger partial charge in [-0.05, 0) is 18.1 Å². The maximum absolute atomic E-state index is 5.71. The van der Waals surface area contributed by atoms with Crippen molar-refractivity contribution >= 4 is 11.9 Å². The Hall–Kier alpha value is -2.36. The van der Waals surface area contributed by atoms with Crippen molar-refractivity contribution in [2.45, 2.75) is 13.3 Å². The van der Waals surface area contributed by atoms with E-state index in [1.54, 1.807) is 0 Å². The number of benzene rings is 1. The molecule has 0 aliphatic carbocycles. The Labute approximate surface area is 119 Å². The van der Waals surface area contributed by atoms with E-state index in [1.165, 1.54) is 6.33 Å². The van der Waals surface area contributed by atoms with Crippen LogP contribution in [0.15, 0.2) is 42.7 Å². The number of hydrogen-bond donors (Lipinski definition) is 1. The van der Waals surface area contributed by atoms with Gasteiger partial charge in [0.1, 0.15) is 18.8 Å². The van der Waals surface area contributed by atoms with Crippen molar-refractivity contribution < 1.29 is 4.74 Å². The molecule has 0 spiro atoms. The molecular formula is C16H19N3O. The monoisotopic (exact) mass is 269 g/mol. The van der Waals surface area contributed by atoms with E-state index in [1.807, 2.05) is 37.4 Å². The molecule has 4 heteroatoms. The molecule has 0 bridgehead atoms. The van der Waals surface area contributed by atoms with Crippen molar-refractivity contribution in [3.8, 4) is 5.88 Å². The maximum Gasteiger partial charge on any atom is 0.222 e. The van der Waals surface area contributed by atoms with Crippen molar-refractivity contribution in [2.75, 3.05) is 19.0 Å². The molecule has 1 aromatic heterocycles. The molecule has 0 fully saturated rings. The van der Waals surface area contributed by atoms with Gasteiger partial charge in [0.2, 0.25) is 5.88 Å². The van der Waals surface area contributed by atoms with E-state index in [0.717, 1.165) is 23.4 Å². The fourth-order valence-corrected chi connectivity index (χ4v) is 1.93. The van der Waals surface area contributed by atoms with Gasteiger partial charge in [0.05, 0.1) is 5.56 Å². The molecule has 20 heavy (non-hydrogen) atoms. The smallest absolute Gasteiger partial charge is 0.222 e. The Morgan fingerprint density at radius 2 is 2.00 bits per heavy atom. The number of nitrogens with one attached hydrogen (secondary N) is 1. The van der Waals surface area contributed by atoms with E-state index in [4.69, 9.17) is 4.74 Å². The summed E-state index contributed by atoms with van der Waals surface area (Å²) in [5.74, 6) is 1.47. The number of rotatable bonds is 6. The Morgan fingerprint density at radius 3 is 2.70 bits per heavy atom. The standard InChI is InChI=1S/C16H19N3O/c1-3-14-15(17-2)18-12-19-16(14)20-11-7-10-13-8-5-4-6-9-13/h4-10,12H,3,11H2,1-2H3,(H,17,18,19)/b10-7+. The lowest BCUT2D eigenvalue weighted by atomic mass is 10.2. The first-order chi connectivity index (χ1) is 9.85. The fraction of sp³-hybridized carbons (Fsp3) is 0.250. The molecule has 2 aromatic rings. The summed E-state index contributed by atoms with van der Waals surface area (Å²) in [6.45, 7) is 2.55. The normalized spacial score (nSPS) is 10.7. The van der Waals surface area contributed by atoms with Crippen LogP contribution < -0.4 is 10.1 Å². The molecule has 0 saturated carbocycles. The Bertz CT molecular complexity index is 567. The largest absolute Gasteiger partial charge is 0.473 e. The van der Waals surface area contributed by atoms with E-state index < -0.39 is 0 Å². The van der Waals surface area contributed by atoms with Crippen LogP contribution in [0.5, 0.6) is 5.88 Å². The lowest BCUT2D eigenvalue weighted by Gasteiger charge is -2.10. The van der Waals surface area contributed by atoms with Gasteiger partial charge in [0.25, 0.3) is 0 Å². The molecule has 0 aliphatic heterocycles. The minimum atomic E-state index is 0.488. The first-order valence-corrected chi connectivity index (χ1v) is 6.71. The van der Waals surface area contributed by atoms with Crippen molar-refractivity contribution in [1.82, 2.24) is 9.97 Å². The highest BCUT2D eigenvalue weighted by molar-refractivity contribution is 5.50. The van der Waals surface area contributed by atoms with Gasteiger partial charge in [-0.1, -0.05) is 43.3 Å². The van der Waals surface area contributed by atoms with Gasteiger partial charge in [-0.3, -0.25) is 0 Å². The highest BCUT2D eigenvalue weighted by Gasteiger charge is 2.08. The molecule has 4 nitrogen and oxygen atoms in total. The Balaban J connectivity index is 1.99. The summed E-state index contributed by atoms with van der Waals surface area (Å²) in [5.41, 5.74) is 2.16. The lowest BCUT2D eigenvalue weighted by molar-refractivity contribution is 0.344. The molecule has 0 radical (unpaired) electrons. The van der Waals surface area contributed by atoms with Gasteiger partial charge in [-0.25, -0.2) is 9.97 Å². The van der Waals surface area contributed by atoms with Gasteiger partial charge in [0.15, 0.2) is 0 Å². The number of aromatic nitrogens is 2. The first kappa shape index (κ1) is 14.1. The molecule has 104 valence electrons. The first-order valence-electron chi connectivity index (χ1n) is 6.71. The second kappa shape index (κ2) is 7.28. The summed E-state index contributed by atoms with van der Waals surface area (Å²) >= 11 is 0. The number of anilines is 1. The minimum absolute atomic E-state index is 0.488. The van der Waals surface area contributed by atoms with E-state index in [2.05, 4.69) is 34.3 Å². The summed E-state index contributed by atoms with van der Waals surface area (Å²) in [7, 11) is 1.85. The van der Waals surface area contributed by atoms with E-state index >= 15 is 0 Å². The zero-order valence-electron chi connectivity index (χ0n) is 11.8. The molecule has 0 atom stereocenters. The van der Waals surface area contributed by atoms with Crippen molar-refractivity contribution in [3.63, 3.8) is 0 Å². The number of hydrogen-bond acceptors (Lipinski definition) is 4. The molecule has 0 amide bonds. The third kappa shape index (κ3) is 3.57. The zero-order chi connectivity index (χ0) is 14.2. The van der Waals surface area contributed by atoms with Crippen molar-refractivity contribution in [1.29, 1.82) is 0 Å². The lowest BCUT2D eigenvalue weighted by Crippen LogP contribution is -2.05. The summed E-state index contributed by atoms with van der Waals surface area (Å²) in [6, 6.07) is 10.1. The maximum atomic E-state index is 5.71. The van der Waals surface area contributed by atoms with Crippen LogP contribution in [0.1, 0.15) is 18.1 Å². The molecule has 0 saturated heterocycles. The number of nitrogens with zero attached hydrogens (tertiary/aromatic N) is 2. The van der Waals surface area contributed by atoms with Crippen LogP contribution in [-0.2, 0) is 6.42 Å². The minimum Gasteiger partial charge on any atom is -0.473 e. The van der Waals surface area contributed by atoms with Crippen molar-refractivity contribution in [2.24, 2.45) is 0 Å². The average Bonchev–Trinajstić information content (AvgIpc) is 2.52. The molecule has 1 N–H and O–H groups in total. The molecule has 1 heterocycles. The second-order valence-corrected chi connectivity index (χ2v) is 4.23. The van der Waals surface area contributed by atoms with Crippen LogP contribution in [0.3, 0.4) is 0 Å². The summed E-state index contributed by atoms with van der Waals surface area (Å²) in [6.07, 6.45) is 6.36.